The van der Waals surface area contributed by atoms with Crippen LogP contribution in [0.5, 0.6) is 0 Å². The molecular formula is C13H16O. The monoisotopic (exact) mass is 188 g/mol. The molecule has 0 N–H and O–H groups in total. The first-order valence-electron chi connectivity index (χ1n) is 5.45. The topological polar surface area (TPSA) is 17.1 Å². The highest BCUT2D eigenvalue weighted by Crippen LogP contribution is 2.29. The molecule has 1 aromatic carbocycles. The van der Waals surface area contributed by atoms with Gasteiger partial charge in [-0.15, -0.1) is 0 Å². The number of carbonyl (C=O) groups is 1. The molecule has 1 atom stereocenters. The van der Waals surface area contributed by atoms with Gasteiger partial charge in [0.1, 0.15) is 0 Å². The number of carbonyl (C=O) groups excluding carboxylic acids is 1. The largest absolute Gasteiger partial charge is 0.294 e. The molecule has 1 aliphatic rings. The molecule has 0 fully saturated rings. The number of rotatable bonds is 3. The minimum atomic E-state index is 0.271. The smallest absolute Gasteiger partial charge is 0.166 e. The van der Waals surface area contributed by atoms with Gasteiger partial charge in [-0.3, -0.25) is 4.79 Å². The second-order valence-corrected chi connectivity index (χ2v) is 4.06. The van der Waals surface area contributed by atoms with Crippen LogP contribution >= 0.6 is 0 Å². The summed E-state index contributed by atoms with van der Waals surface area (Å²) in [5, 5.41) is 0. The summed E-state index contributed by atoms with van der Waals surface area (Å²) in [5.74, 6) is 0.640. The summed E-state index contributed by atoms with van der Waals surface area (Å²) in [5.41, 5.74) is 2.22. The van der Waals surface area contributed by atoms with Crippen LogP contribution in [-0.2, 0) is 6.42 Å². The number of hydrogen-bond acceptors (Lipinski definition) is 1. The fourth-order valence-corrected chi connectivity index (χ4v) is 2.20. The Kier molecular flexibility index (Phi) is 2.67. The van der Waals surface area contributed by atoms with E-state index in [4.69, 9.17) is 0 Å². The lowest BCUT2D eigenvalue weighted by atomic mass is 9.98. The first-order valence-corrected chi connectivity index (χ1v) is 5.45. The van der Waals surface area contributed by atoms with Crippen molar-refractivity contribution >= 4 is 5.78 Å². The van der Waals surface area contributed by atoms with Gasteiger partial charge in [-0.1, -0.05) is 44.0 Å². The van der Waals surface area contributed by atoms with E-state index in [1.807, 2.05) is 18.2 Å². The maximum atomic E-state index is 11.9. The van der Waals surface area contributed by atoms with E-state index >= 15 is 0 Å². The molecule has 0 saturated carbocycles. The number of unbranched alkanes of at least 4 members (excludes halogenated alkanes) is 1. The van der Waals surface area contributed by atoms with Crippen molar-refractivity contribution in [2.75, 3.05) is 0 Å². The predicted molar refractivity (Wildman–Crippen MR) is 57.5 cm³/mol. The number of fused-ring (bicyclic) bond motifs is 1. The van der Waals surface area contributed by atoms with E-state index in [0.717, 1.165) is 18.4 Å². The van der Waals surface area contributed by atoms with Crippen molar-refractivity contribution in [1.82, 2.24) is 0 Å². The van der Waals surface area contributed by atoms with Gasteiger partial charge in [0.2, 0.25) is 0 Å². The van der Waals surface area contributed by atoms with Crippen molar-refractivity contribution in [3.05, 3.63) is 35.4 Å². The number of ketones is 1. The lowest BCUT2D eigenvalue weighted by Gasteiger charge is -2.05. The first kappa shape index (κ1) is 9.45. The van der Waals surface area contributed by atoms with Crippen LogP contribution in [0.1, 0.15) is 42.1 Å². The van der Waals surface area contributed by atoms with Crippen molar-refractivity contribution in [1.29, 1.82) is 0 Å². The summed E-state index contributed by atoms with van der Waals surface area (Å²) in [7, 11) is 0. The van der Waals surface area contributed by atoms with Crippen molar-refractivity contribution < 1.29 is 4.79 Å². The molecule has 2 rings (SSSR count). The molecule has 0 saturated heterocycles. The molecular weight excluding hydrogens is 172 g/mol. The zero-order valence-corrected chi connectivity index (χ0v) is 8.62. The van der Waals surface area contributed by atoms with E-state index in [-0.39, 0.29) is 5.92 Å². The van der Waals surface area contributed by atoms with Crippen molar-refractivity contribution in [2.45, 2.75) is 32.6 Å². The van der Waals surface area contributed by atoms with Crippen LogP contribution in [0.15, 0.2) is 24.3 Å². The van der Waals surface area contributed by atoms with Gasteiger partial charge in [-0.2, -0.15) is 0 Å². The van der Waals surface area contributed by atoms with E-state index in [0.29, 0.717) is 5.78 Å². The molecule has 0 radical (unpaired) electrons. The van der Waals surface area contributed by atoms with Crippen LogP contribution < -0.4 is 0 Å². The standard InChI is InChI=1S/C13H16O/c1-2-3-6-11-9-10-7-4-5-8-12(10)13(11)14/h4-5,7-8,11H,2-3,6,9H2,1H3. The molecule has 1 aromatic rings. The number of hydrogen-bond donors (Lipinski definition) is 0. The van der Waals surface area contributed by atoms with Gasteiger partial charge in [0.25, 0.3) is 0 Å². The Morgan fingerprint density at radius 1 is 1.36 bits per heavy atom. The highest BCUT2D eigenvalue weighted by molar-refractivity contribution is 6.02. The zero-order valence-electron chi connectivity index (χ0n) is 8.62. The normalized spacial score (nSPS) is 19.8. The maximum Gasteiger partial charge on any atom is 0.166 e. The van der Waals surface area contributed by atoms with Crippen LogP contribution in [0.2, 0.25) is 0 Å². The fraction of sp³-hybridized carbons (Fsp3) is 0.462. The lowest BCUT2D eigenvalue weighted by Crippen LogP contribution is -2.08. The molecule has 0 heterocycles. The quantitative estimate of drug-likeness (QED) is 0.711. The van der Waals surface area contributed by atoms with Gasteiger partial charge in [-0.05, 0) is 18.4 Å². The molecule has 0 aromatic heterocycles. The Labute approximate surface area is 85.1 Å². The number of Topliss-reactive ketones (excluding diaryl/α,β-unsaturated/α-hetero) is 1. The Bertz CT molecular complexity index is 341. The summed E-state index contributed by atoms with van der Waals surface area (Å²) >= 11 is 0. The minimum Gasteiger partial charge on any atom is -0.294 e. The highest BCUT2D eigenvalue weighted by atomic mass is 16.1. The van der Waals surface area contributed by atoms with Gasteiger partial charge in [-0.25, -0.2) is 0 Å². The highest BCUT2D eigenvalue weighted by Gasteiger charge is 2.28. The van der Waals surface area contributed by atoms with Gasteiger partial charge < -0.3 is 0 Å². The van der Waals surface area contributed by atoms with Crippen LogP contribution in [-0.4, -0.2) is 5.78 Å². The second-order valence-electron chi connectivity index (χ2n) is 4.06. The molecule has 1 nitrogen and oxygen atoms in total. The maximum absolute atomic E-state index is 11.9. The molecule has 1 heteroatoms. The van der Waals surface area contributed by atoms with Crippen molar-refractivity contribution in [3.8, 4) is 0 Å². The average molecular weight is 188 g/mol. The summed E-state index contributed by atoms with van der Waals surface area (Å²) in [4.78, 5) is 11.9. The van der Waals surface area contributed by atoms with Crippen molar-refractivity contribution in [3.63, 3.8) is 0 Å². The number of benzene rings is 1. The van der Waals surface area contributed by atoms with Crippen LogP contribution in [0.3, 0.4) is 0 Å². The minimum absolute atomic E-state index is 0.271. The lowest BCUT2D eigenvalue weighted by molar-refractivity contribution is 0.0929. The molecule has 14 heavy (non-hydrogen) atoms. The molecule has 0 spiro atoms. The van der Waals surface area contributed by atoms with E-state index in [9.17, 15) is 4.79 Å². The summed E-state index contributed by atoms with van der Waals surface area (Å²) in [6.07, 6.45) is 4.38. The zero-order chi connectivity index (χ0) is 9.97. The molecule has 0 bridgehead atoms. The third-order valence-electron chi connectivity index (χ3n) is 3.03. The third kappa shape index (κ3) is 1.59. The van der Waals surface area contributed by atoms with Gasteiger partial charge in [0.15, 0.2) is 5.78 Å². The Balaban J connectivity index is 2.13. The van der Waals surface area contributed by atoms with Gasteiger partial charge >= 0.3 is 0 Å². The van der Waals surface area contributed by atoms with Crippen molar-refractivity contribution in [2.24, 2.45) is 5.92 Å². The van der Waals surface area contributed by atoms with Crippen LogP contribution in [0, 0.1) is 5.92 Å². The Morgan fingerprint density at radius 2 is 2.14 bits per heavy atom. The summed E-state index contributed by atoms with van der Waals surface area (Å²) < 4.78 is 0. The summed E-state index contributed by atoms with van der Waals surface area (Å²) in [6.45, 7) is 2.17. The predicted octanol–water partition coefficient (Wildman–Crippen LogP) is 3.23. The van der Waals surface area contributed by atoms with Gasteiger partial charge in [0, 0.05) is 11.5 Å². The molecule has 0 amide bonds. The fourth-order valence-electron chi connectivity index (χ4n) is 2.20. The molecule has 1 unspecified atom stereocenters. The van der Waals surface area contributed by atoms with E-state index in [2.05, 4.69) is 13.0 Å². The Hall–Kier alpha value is -1.11. The first-order chi connectivity index (χ1) is 6.83. The molecule has 1 aliphatic carbocycles. The van der Waals surface area contributed by atoms with E-state index in [1.54, 1.807) is 0 Å². The third-order valence-corrected chi connectivity index (χ3v) is 3.03. The van der Waals surface area contributed by atoms with Crippen LogP contribution in [0.4, 0.5) is 0 Å². The second kappa shape index (κ2) is 3.95. The Morgan fingerprint density at radius 3 is 2.86 bits per heavy atom. The van der Waals surface area contributed by atoms with Gasteiger partial charge in [0.05, 0.1) is 0 Å². The summed E-state index contributed by atoms with van der Waals surface area (Å²) in [6, 6.07) is 8.02. The molecule has 0 aliphatic heterocycles. The van der Waals surface area contributed by atoms with Crippen LogP contribution in [0.25, 0.3) is 0 Å². The SMILES string of the molecule is CCCCC1Cc2ccccc2C1=O. The van der Waals surface area contributed by atoms with E-state index < -0.39 is 0 Å². The molecule has 74 valence electrons. The average Bonchev–Trinajstić information content (AvgIpc) is 2.54. The van der Waals surface area contributed by atoms with E-state index in [1.165, 1.54) is 18.4 Å².